The zero-order valence-corrected chi connectivity index (χ0v) is 19.3. The predicted molar refractivity (Wildman–Crippen MR) is 128 cm³/mol. The standard InChI is InChI=1S/C27H30N2O4/c1-4-28-27(31)26(22-13-9-6-10-14-22)29(19-20-11-7-5-8-12-20)25(30)18-21-15-16-23(32-2)24(17-21)33-3/h5-17,26H,4,18-19H2,1-3H3,(H,28,31). The van der Waals surface area contributed by atoms with Crippen LogP contribution in [-0.4, -0.2) is 37.5 Å². The Morgan fingerprint density at radius 3 is 2.09 bits per heavy atom. The first-order chi connectivity index (χ1) is 16.1. The van der Waals surface area contributed by atoms with E-state index in [2.05, 4.69) is 5.32 Å². The van der Waals surface area contributed by atoms with Crippen molar-refractivity contribution >= 4 is 11.8 Å². The summed E-state index contributed by atoms with van der Waals surface area (Å²) in [5.74, 6) is 0.784. The molecule has 1 N–H and O–H groups in total. The number of carbonyl (C=O) groups is 2. The fourth-order valence-corrected chi connectivity index (χ4v) is 3.75. The van der Waals surface area contributed by atoms with Gasteiger partial charge in [-0.3, -0.25) is 9.59 Å². The summed E-state index contributed by atoms with van der Waals surface area (Å²) in [5.41, 5.74) is 2.49. The van der Waals surface area contributed by atoms with E-state index in [1.807, 2.05) is 73.7 Å². The summed E-state index contributed by atoms with van der Waals surface area (Å²) in [4.78, 5) is 28.5. The lowest BCUT2D eigenvalue weighted by Crippen LogP contribution is -2.44. The first-order valence-electron chi connectivity index (χ1n) is 10.9. The molecule has 3 rings (SSSR count). The lowest BCUT2D eigenvalue weighted by molar-refractivity contribution is -0.141. The topological polar surface area (TPSA) is 67.9 Å². The van der Waals surface area contributed by atoms with Gasteiger partial charge in [0.25, 0.3) is 0 Å². The monoisotopic (exact) mass is 446 g/mol. The lowest BCUT2D eigenvalue weighted by atomic mass is 10.0. The van der Waals surface area contributed by atoms with Crippen LogP contribution >= 0.6 is 0 Å². The molecule has 0 aliphatic heterocycles. The fourth-order valence-electron chi connectivity index (χ4n) is 3.75. The molecule has 6 nitrogen and oxygen atoms in total. The van der Waals surface area contributed by atoms with E-state index in [0.29, 0.717) is 24.6 Å². The molecule has 1 unspecified atom stereocenters. The summed E-state index contributed by atoms with van der Waals surface area (Å²) in [5, 5.41) is 2.89. The fraction of sp³-hybridized carbons (Fsp3) is 0.259. The van der Waals surface area contributed by atoms with Gasteiger partial charge in [-0.2, -0.15) is 0 Å². The number of rotatable bonds is 10. The number of hydrogen-bond acceptors (Lipinski definition) is 4. The Labute approximate surface area is 195 Å². The Morgan fingerprint density at radius 2 is 1.48 bits per heavy atom. The largest absolute Gasteiger partial charge is 0.493 e. The lowest BCUT2D eigenvalue weighted by Gasteiger charge is -2.31. The Morgan fingerprint density at radius 1 is 0.848 bits per heavy atom. The van der Waals surface area contributed by atoms with Crippen molar-refractivity contribution in [2.45, 2.75) is 25.9 Å². The van der Waals surface area contributed by atoms with Crippen LogP contribution in [0.5, 0.6) is 11.5 Å². The van der Waals surface area contributed by atoms with Crippen molar-refractivity contribution in [3.63, 3.8) is 0 Å². The molecule has 0 fully saturated rings. The highest BCUT2D eigenvalue weighted by atomic mass is 16.5. The summed E-state index contributed by atoms with van der Waals surface area (Å²) in [6.45, 7) is 2.65. The van der Waals surface area contributed by atoms with Gasteiger partial charge in [0, 0.05) is 13.1 Å². The van der Waals surface area contributed by atoms with Gasteiger partial charge in [-0.1, -0.05) is 66.7 Å². The van der Waals surface area contributed by atoms with Crippen LogP contribution in [0.2, 0.25) is 0 Å². The van der Waals surface area contributed by atoms with Crippen molar-refractivity contribution in [3.8, 4) is 11.5 Å². The average molecular weight is 447 g/mol. The van der Waals surface area contributed by atoms with E-state index in [0.717, 1.165) is 16.7 Å². The third-order valence-electron chi connectivity index (χ3n) is 5.35. The highest BCUT2D eigenvalue weighted by Gasteiger charge is 2.31. The summed E-state index contributed by atoms with van der Waals surface area (Å²) < 4.78 is 10.7. The molecular weight excluding hydrogens is 416 g/mol. The zero-order chi connectivity index (χ0) is 23.6. The highest BCUT2D eigenvalue weighted by Crippen LogP contribution is 2.29. The number of nitrogens with zero attached hydrogens (tertiary/aromatic N) is 1. The number of likely N-dealkylation sites (N-methyl/N-ethyl adjacent to an activating group) is 1. The molecule has 0 heterocycles. The molecule has 0 aromatic heterocycles. The minimum Gasteiger partial charge on any atom is -0.493 e. The van der Waals surface area contributed by atoms with Crippen molar-refractivity contribution in [2.24, 2.45) is 0 Å². The quantitative estimate of drug-likeness (QED) is 0.508. The molecule has 3 aromatic carbocycles. The first kappa shape index (κ1) is 23.9. The third-order valence-corrected chi connectivity index (χ3v) is 5.35. The van der Waals surface area contributed by atoms with E-state index >= 15 is 0 Å². The van der Waals surface area contributed by atoms with Crippen molar-refractivity contribution in [1.29, 1.82) is 0 Å². The predicted octanol–water partition coefficient (Wildman–Crippen LogP) is 4.15. The second kappa shape index (κ2) is 11.7. The number of ether oxygens (including phenoxy) is 2. The van der Waals surface area contributed by atoms with Gasteiger partial charge in [0.15, 0.2) is 11.5 Å². The number of amides is 2. The van der Waals surface area contributed by atoms with Crippen LogP contribution in [0.3, 0.4) is 0 Å². The van der Waals surface area contributed by atoms with Gasteiger partial charge < -0.3 is 19.7 Å². The van der Waals surface area contributed by atoms with E-state index in [1.54, 1.807) is 31.3 Å². The summed E-state index contributed by atoms with van der Waals surface area (Å²) in [6, 6.07) is 23.7. The maximum Gasteiger partial charge on any atom is 0.247 e. The molecule has 6 heteroatoms. The van der Waals surface area contributed by atoms with E-state index in [4.69, 9.17) is 9.47 Å². The van der Waals surface area contributed by atoms with Gasteiger partial charge in [-0.15, -0.1) is 0 Å². The molecule has 0 saturated heterocycles. The molecule has 0 radical (unpaired) electrons. The Hall–Kier alpha value is -3.80. The number of nitrogens with one attached hydrogen (secondary N) is 1. The first-order valence-corrected chi connectivity index (χ1v) is 10.9. The van der Waals surface area contributed by atoms with Gasteiger partial charge in [0.05, 0.1) is 20.6 Å². The molecule has 172 valence electrons. The summed E-state index contributed by atoms with van der Waals surface area (Å²) >= 11 is 0. The molecular formula is C27H30N2O4. The number of benzene rings is 3. The van der Waals surface area contributed by atoms with Crippen LogP contribution in [0.4, 0.5) is 0 Å². The molecule has 1 atom stereocenters. The molecule has 33 heavy (non-hydrogen) atoms. The molecule has 2 amide bonds. The molecule has 0 saturated carbocycles. The molecule has 0 spiro atoms. The van der Waals surface area contributed by atoms with E-state index in [-0.39, 0.29) is 18.2 Å². The number of methoxy groups -OCH3 is 2. The van der Waals surface area contributed by atoms with Gasteiger partial charge in [-0.05, 0) is 35.7 Å². The maximum absolute atomic E-state index is 13.7. The molecule has 0 aliphatic carbocycles. The summed E-state index contributed by atoms with van der Waals surface area (Å²) in [6.07, 6.45) is 0.121. The molecule has 3 aromatic rings. The second-order valence-electron chi connectivity index (χ2n) is 7.58. The van der Waals surface area contributed by atoms with Crippen molar-refractivity contribution < 1.29 is 19.1 Å². The number of hydrogen-bond donors (Lipinski definition) is 1. The zero-order valence-electron chi connectivity index (χ0n) is 19.3. The van der Waals surface area contributed by atoms with Gasteiger partial charge in [0.2, 0.25) is 11.8 Å². The Kier molecular flexibility index (Phi) is 8.47. The molecule has 0 aliphatic rings. The van der Waals surface area contributed by atoms with Gasteiger partial charge >= 0.3 is 0 Å². The minimum absolute atomic E-state index is 0.121. The van der Waals surface area contributed by atoms with Crippen LogP contribution < -0.4 is 14.8 Å². The van der Waals surface area contributed by atoms with E-state index in [9.17, 15) is 9.59 Å². The molecule has 0 bridgehead atoms. The van der Waals surface area contributed by atoms with Crippen LogP contribution in [0.15, 0.2) is 78.9 Å². The summed E-state index contributed by atoms with van der Waals surface area (Å²) in [7, 11) is 3.13. The van der Waals surface area contributed by atoms with Gasteiger partial charge in [0.1, 0.15) is 6.04 Å². The van der Waals surface area contributed by atoms with Crippen molar-refractivity contribution in [2.75, 3.05) is 20.8 Å². The normalized spacial score (nSPS) is 11.4. The number of carbonyl (C=O) groups excluding carboxylic acids is 2. The second-order valence-corrected chi connectivity index (χ2v) is 7.58. The van der Waals surface area contributed by atoms with E-state index < -0.39 is 6.04 Å². The van der Waals surface area contributed by atoms with Crippen LogP contribution in [0, 0.1) is 0 Å². The third kappa shape index (κ3) is 6.13. The van der Waals surface area contributed by atoms with Crippen LogP contribution in [0.1, 0.15) is 29.7 Å². The Balaban J connectivity index is 1.98. The van der Waals surface area contributed by atoms with Crippen molar-refractivity contribution in [1.82, 2.24) is 10.2 Å². The smallest absolute Gasteiger partial charge is 0.247 e. The van der Waals surface area contributed by atoms with E-state index in [1.165, 1.54) is 0 Å². The van der Waals surface area contributed by atoms with Crippen molar-refractivity contribution in [3.05, 3.63) is 95.6 Å². The Bertz CT molecular complexity index is 1050. The highest BCUT2D eigenvalue weighted by molar-refractivity contribution is 5.89. The minimum atomic E-state index is -0.751. The maximum atomic E-state index is 13.7. The average Bonchev–Trinajstić information content (AvgIpc) is 2.85. The van der Waals surface area contributed by atoms with Crippen LogP contribution in [-0.2, 0) is 22.6 Å². The van der Waals surface area contributed by atoms with Crippen LogP contribution in [0.25, 0.3) is 0 Å². The SMILES string of the molecule is CCNC(=O)C(c1ccccc1)N(Cc1ccccc1)C(=O)Cc1ccc(OC)c(OC)c1. The van der Waals surface area contributed by atoms with Gasteiger partial charge in [-0.25, -0.2) is 0 Å².